The van der Waals surface area contributed by atoms with Crippen molar-refractivity contribution < 1.29 is 14.3 Å². The molecule has 6 heteroatoms. The van der Waals surface area contributed by atoms with Crippen molar-refractivity contribution in [2.24, 2.45) is 0 Å². The van der Waals surface area contributed by atoms with Gasteiger partial charge in [-0.25, -0.2) is 14.8 Å². The van der Waals surface area contributed by atoms with Crippen LogP contribution in [0, 0.1) is 0 Å². The number of hydrogen-bond acceptors (Lipinski definition) is 5. The minimum absolute atomic E-state index is 0.0894. The Bertz CT molecular complexity index is 763. The van der Waals surface area contributed by atoms with Gasteiger partial charge in [0.15, 0.2) is 12.3 Å². The highest BCUT2D eigenvalue weighted by Crippen LogP contribution is 2.22. The van der Waals surface area contributed by atoms with E-state index in [4.69, 9.17) is 9.47 Å². The summed E-state index contributed by atoms with van der Waals surface area (Å²) in [4.78, 5) is 23.2. The van der Waals surface area contributed by atoms with E-state index in [0.29, 0.717) is 18.0 Å². The van der Waals surface area contributed by atoms with Gasteiger partial charge in [-0.3, -0.25) is 0 Å². The first-order valence-corrected chi connectivity index (χ1v) is 7.46. The van der Waals surface area contributed by atoms with Crippen LogP contribution in [-0.4, -0.2) is 34.1 Å². The second-order valence-electron chi connectivity index (χ2n) is 4.99. The molecule has 1 N–H and O–H groups in total. The van der Waals surface area contributed by atoms with E-state index < -0.39 is 0 Å². The first kappa shape index (κ1) is 15.0. The Morgan fingerprint density at radius 1 is 1.22 bits per heavy atom. The zero-order valence-corrected chi connectivity index (χ0v) is 12.8. The maximum absolute atomic E-state index is 11.4. The summed E-state index contributed by atoms with van der Waals surface area (Å²) in [6.45, 7) is 2.27. The van der Waals surface area contributed by atoms with Gasteiger partial charge in [0.25, 0.3) is 0 Å². The van der Waals surface area contributed by atoms with E-state index in [1.807, 2.05) is 31.2 Å². The van der Waals surface area contributed by atoms with Crippen LogP contribution in [0.1, 0.15) is 13.3 Å². The van der Waals surface area contributed by atoms with Crippen LogP contribution in [0.4, 0.5) is 0 Å². The number of benzene rings is 1. The number of carbonyl (C=O) groups excluding carboxylic acids is 1. The first-order valence-electron chi connectivity index (χ1n) is 7.46. The van der Waals surface area contributed by atoms with Crippen molar-refractivity contribution in [2.45, 2.75) is 13.3 Å². The lowest BCUT2D eigenvalue weighted by atomic mass is 10.2. The molecule has 0 aliphatic carbocycles. The van der Waals surface area contributed by atoms with Gasteiger partial charge in [0.2, 0.25) is 0 Å². The summed E-state index contributed by atoms with van der Waals surface area (Å²) in [6.07, 6.45) is 2.51. The second kappa shape index (κ2) is 6.91. The molecule has 1 aromatic carbocycles. The standard InChI is InChI=1S/C17H17N3O3/c1-2-10-22-15(21)11-23-13-7-5-12(6-8-13)16-19-14-4-3-9-18-17(14)20-16/h3-9H,2,10-11H2,1H3,(H,18,19,20). The fourth-order valence-corrected chi connectivity index (χ4v) is 2.09. The molecule has 0 amide bonds. The van der Waals surface area contributed by atoms with E-state index in [9.17, 15) is 4.79 Å². The highest BCUT2D eigenvalue weighted by atomic mass is 16.6. The van der Waals surface area contributed by atoms with Crippen molar-refractivity contribution in [2.75, 3.05) is 13.2 Å². The maximum atomic E-state index is 11.4. The first-order chi connectivity index (χ1) is 11.3. The number of fused-ring (bicyclic) bond motifs is 1. The molecule has 0 aliphatic rings. The van der Waals surface area contributed by atoms with Gasteiger partial charge in [-0.05, 0) is 42.8 Å². The SMILES string of the molecule is CCCOC(=O)COc1ccc(-c2nc3ncccc3[nH]2)cc1. The molecule has 0 aliphatic heterocycles. The van der Waals surface area contributed by atoms with Crippen molar-refractivity contribution in [3.05, 3.63) is 42.6 Å². The van der Waals surface area contributed by atoms with Gasteiger partial charge in [-0.15, -0.1) is 0 Å². The molecule has 3 rings (SSSR count). The maximum Gasteiger partial charge on any atom is 0.344 e. The largest absolute Gasteiger partial charge is 0.482 e. The molecular weight excluding hydrogens is 294 g/mol. The Balaban J connectivity index is 1.66. The number of rotatable bonds is 6. The zero-order chi connectivity index (χ0) is 16.1. The molecule has 118 valence electrons. The van der Waals surface area contributed by atoms with Gasteiger partial charge >= 0.3 is 5.97 Å². The Morgan fingerprint density at radius 3 is 2.78 bits per heavy atom. The normalized spacial score (nSPS) is 10.7. The Labute approximate surface area is 133 Å². The average Bonchev–Trinajstić information content (AvgIpc) is 3.02. The number of nitrogens with zero attached hydrogens (tertiary/aromatic N) is 2. The van der Waals surface area contributed by atoms with Crippen molar-refractivity contribution in [3.8, 4) is 17.1 Å². The molecule has 3 aromatic rings. The lowest BCUT2D eigenvalue weighted by Crippen LogP contribution is -2.15. The zero-order valence-electron chi connectivity index (χ0n) is 12.8. The third-order valence-electron chi connectivity index (χ3n) is 3.21. The van der Waals surface area contributed by atoms with Crippen LogP contribution in [0.25, 0.3) is 22.6 Å². The van der Waals surface area contributed by atoms with Gasteiger partial charge in [0.1, 0.15) is 11.6 Å². The molecule has 2 heterocycles. The number of aromatic amines is 1. The summed E-state index contributed by atoms with van der Waals surface area (Å²) < 4.78 is 10.4. The van der Waals surface area contributed by atoms with E-state index in [2.05, 4.69) is 15.0 Å². The summed E-state index contributed by atoms with van der Waals surface area (Å²) in [5, 5.41) is 0. The molecule has 23 heavy (non-hydrogen) atoms. The lowest BCUT2D eigenvalue weighted by molar-refractivity contribution is -0.146. The average molecular weight is 311 g/mol. The number of imidazole rings is 1. The number of esters is 1. The Morgan fingerprint density at radius 2 is 2.04 bits per heavy atom. The molecule has 0 bridgehead atoms. The number of nitrogens with one attached hydrogen (secondary N) is 1. The predicted octanol–water partition coefficient (Wildman–Crippen LogP) is 2.96. The fourth-order valence-electron chi connectivity index (χ4n) is 2.09. The van der Waals surface area contributed by atoms with Gasteiger partial charge < -0.3 is 14.5 Å². The van der Waals surface area contributed by atoms with Gasteiger partial charge in [-0.1, -0.05) is 6.92 Å². The van der Waals surface area contributed by atoms with E-state index in [0.717, 1.165) is 23.3 Å². The monoisotopic (exact) mass is 311 g/mol. The van der Waals surface area contributed by atoms with Gasteiger partial charge in [0.05, 0.1) is 12.1 Å². The minimum atomic E-state index is -0.362. The van der Waals surface area contributed by atoms with Gasteiger partial charge in [-0.2, -0.15) is 0 Å². The molecule has 2 aromatic heterocycles. The van der Waals surface area contributed by atoms with E-state index >= 15 is 0 Å². The quantitative estimate of drug-likeness (QED) is 0.708. The molecule has 0 saturated heterocycles. The van der Waals surface area contributed by atoms with Crippen LogP contribution in [-0.2, 0) is 9.53 Å². The summed E-state index contributed by atoms with van der Waals surface area (Å²) in [7, 11) is 0. The number of pyridine rings is 1. The molecule has 0 saturated carbocycles. The fraction of sp³-hybridized carbons (Fsp3) is 0.235. The van der Waals surface area contributed by atoms with E-state index in [1.54, 1.807) is 18.3 Å². The Hall–Kier alpha value is -2.89. The van der Waals surface area contributed by atoms with Crippen LogP contribution >= 0.6 is 0 Å². The highest BCUT2D eigenvalue weighted by Gasteiger charge is 2.07. The second-order valence-corrected chi connectivity index (χ2v) is 4.99. The summed E-state index contributed by atoms with van der Waals surface area (Å²) in [5.41, 5.74) is 2.49. The van der Waals surface area contributed by atoms with Crippen LogP contribution in [0.5, 0.6) is 5.75 Å². The number of aromatic nitrogens is 3. The lowest BCUT2D eigenvalue weighted by Gasteiger charge is -2.06. The number of ether oxygens (including phenoxy) is 2. The number of carbonyl (C=O) groups is 1. The van der Waals surface area contributed by atoms with Crippen molar-refractivity contribution >= 4 is 17.1 Å². The third-order valence-corrected chi connectivity index (χ3v) is 3.21. The minimum Gasteiger partial charge on any atom is -0.482 e. The van der Waals surface area contributed by atoms with E-state index in [-0.39, 0.29) is 12.6 Å². The molecule has 0 radical (unpaired) electrons. The molecule has 6 nitrogen and oxygen atoms in total. The van der Waals surface area contributed by atoms with Crippen LogP contribution in [0.3, 0.4) is 0 Å². The number of hydrogen-bond donors (Lipinski definition) is 1. The summed E-state index contributed by atoms with van der Waals surface area (Å²) in [5.74, 6) is 0.989. The smallest absolute Gasteiger partial charge is 0.344 e. The molecule has 0 unspecified atom stereocenters. The van der Waals surface area contributed by atoms with Crippen molar-refractivity contribution in [1.82, 2.24) is 15.0 Å². The predicted molar refractivity (Wildman–Crippen MR) is 86.1 cm³/mol. The Kier molecular flexibility index (Phi) is 4.52. The number of H-pyrrole nitrogens is 1. The topological polar surface area (TPSA) is 77.1 Å². The van der Waals surface area contributed by atoms with Crippen LogP contribution in [0.2, 0.25) is 0 Å². The molecule has 0 spiro atoms. The van der Waals surface area contributed by atoms with Crippen molar-refractivity contribution in [1.29, 1.82) is 0 Å². The molecule has 0 fully saturated rings. The van der Waals surface area contributed by atoms with E-state index in [1.165, 1.54) is 0 Å². The van der Waals surface area contributed by atoms with Crippen LogP contribution in [0.15, 0.2) is 42.6 Å². The van der Waals surface area contributed by atoms with Gasteiger partial charge in [0, 0.05) is 11.8 Å². The van der Waals surface area contributed by atoms with Crippen molar-refractivity contribution in [3.63, 3.8) is 0 Å². The highest BCUT2D eigenvalue weighted by molar-refractivity contribution is 5.75. The summed E-state index contributed by atoms with van der Waals surface area (Å²) in [6, 6.07) is 11.1. The third kappa shape index (κ3) is 3.66. The van der Waals surface area contributed by atoms with Crippen LogP contribution < -0.4 is 4.74 Å². The molecule has 0 atom stereocenters. The summed E-state index contributed by atoms with van der Waals surface area (Å²) >= 11 is 0. The molecular formula is C17H17N3O3.